The predicted molar refractivity (Wildman–Crippen MR) is 122 cm³/mol. The standard InChI is InChI=1S/C24H26N2O4S/c1-18-9-10-19(2)23(15-18)25-24(27)17-30-21-11-13-22(14-12-21)31(28,29)26(3)16-20-7-5-4-6-8-20/h4-15H,16-17H2,1-3H3,(H,25,27). The van der Waals surface area contributed by atoms with E-state index >= 15 is 0 Å². The van der Waals surface area contributed by atoms with Gasteiger partial charge in [-0.2, -0.15) is 4.31 Å². The molecule has 0 heterocycles. The highest BCUT2D eigenvalue weighted by Gasteiger charge is 2.21. The molecule has 0 aliphatic carbocycles. The van der Waals surface area contributed by atoms with Crippen molar-refractivity contribution >= 4 is 21.6 Å². The Balaban J connectivity index is 1.59. The number of carbonyl (C=O) groups excluding carboxylic acids is 1. The van der Waals surface area contributed by atoms with E-state index in [0.717, 1.165) is 22.4 Å². The third kappa shape index (κ3) is 5.93. The van der Waals surface area contributed by atoms with Gasteiger partial charge in [0.05, 0.1) is 4.90 Å². The summed E-state index contributed by atoms with van der Waals surface area (Å²) in [5.41, 5.74) is 3.67. The molecule has 0 saturated heterocycles. The van der Waals surface area contributed by atoms with Gasteiger partial charge in [-0.15, -0.1) is 0 Å². The average molecular weight is 439 g/mol. The minimum Gasteiger partial charge on any atom is -0.484 e. The molecule has 7 heteroatoms. The lowest BCUT2D eigenvalue weighted by molar-refractivity contribution is -0.118. The molecule has 0 unspecified atom stereocenters. The van der Waals surface area contributed by atoms with Gasteiger partial charge in [-0.1, -0.05) is 42.5 Å². The maximum Gasteiger partial charge on any atom is 0.262 e. The van der Waals surface area contributed by atoms with Crippen LogP contribution in [0.15, 0.2) is 77.7 Å². The third-order valence-corrected chi connectivity index (χ3v) is 6.63. The number of sulfonamides is 1. The quantitative estimate of drug-likeness (QED) is 0.574. The third-order valence-electron chi connectivity index (χ3n) is 4.82. The second-order valence-corrected chi connectivity index (χ2v) is 9.42. The number of amides is 1. The fourth-order valence-electron chi connectivity index (χ4n) is 3.02. The molecule has 1 amide bonds. The van der Waals surface area contributed by atoms with E-state index in [1.807, 2.05) is 62.4 Å². The SMILES string of the molecule is Cc1ccc(C)c(NC(=O)COc2ccc(S(=O)(=O)N(C)Cc3ccccc3)cc2)c1. The van der Waals surface area contributed by atoms with Crippen molar-refractivity contribution in [2.45, 2.75) is 25.3 Å². The van der Waals surface area contributed by atoms with Crippen LogP contribution >= 0.6 is 0 Å². The van der Waals surface area contributed by atoms with Crippen LogP contribution in [0.1, 0.15) is 16.7 Å². The molecule has 3 rings (SSSR count). The van der Waals surface area contributed by atoms with Crippen LogP contribution in [0.4, 0.5) is 5.69 Å². The minimum atomic E-state index is -3.64. The lowest BCUT2D eigenvalue weighted by Gasteiger charge is -2.17. The smallest absolute Gasteiger partial charge is 0.262 e. The Labute approximate surface area is 183 Å². The first-order valence-corrected chi connectivity index (χ1v) is 11.3. The van der Waals surface area contributed by atoms with Crippen molar-refractivity contribution in [3.8, 4) is 5.75 Å². The van der Waals surface area contributed by atoms with E-state index in [1.54, 1.807) is 19.2 Å². The molecule has 3 aromatic carbocycles. The highest BCUT2D eigenvalue weighted by atomic mass is 32.2. The number of nitrogens with one attached hydrogen (secondary N) is 1. The molecule has 0 radical (unpaired) electrons. The summed E-state index contributed by atoms with van der Waals surface area (Å²) in [5, 5.41) is 2.83. The molecule has 0 bridgehead atoms. The highest BCUT2D eigenvalue weighted by Crippen LogP contribution is 2.21. The Morgan fingerprint density at radius 2 is 1.65 bits per heavy atom. The fraction of sp³-hybridized carbons (Fsp3) is 0.208. The van der Waals surface area contributed by atoms with Gasteiger partial charge in [0.1, 0.15) is 5.75 Å². The van der Waals surface area contributed by atoms with Gasteiger partial charge >= 0.3 is 0 Å². The van der Waals surface area contributed by atoms with Gasteiger partial charge < -0.3 is 10.1 Å². The minimum absolute atomic E-state index is 0.165. The number of rotatable bonds is 8. The van der Waals surface area contributed by atoms with E-state index in [9.17, 15) is 13.2 Å². The van der Waals surface area contributed by atoms with Crippen LogP contribution in [-0.2, 0) is 21.4 Å². The topological polar surface area (TPSA) is 75.7 Å². The molecule has 31 heavy (non-hydrogen) atoms. The summed E-state index contributed by atoms with van der Waals surface area (Å²) in [6.07, 6.45) is 0. The maximum atomic E-state index is 12.8. The molecule has 162 valence electrons. The molecule has 6 nitrogen and oxygen atoms in total. The number of hydrogen-bond donors (Lipinski definition) is 1. The summed E-state index contributed by atoms with van der Waals surface area (Å²) < 4.78 is 32.4. The Kier molecular flexibility index (Phi) is 7.09. The summed E-state index contributed by atoms with van der Waals surface area (Å²) in [4.78, 5) is 12.4. The zero-order valence-corrected chi connectivity index (χ0v) is 18.6. The number of hydrogen-bond acceptors (Lipinski definition) is 4. The average Bonchev–Trinajstić information content (AvgIpc) is 2.76. The number of ether oxygens (including phenoxy) is 1. The van der Waals surface area contributed by atoms with Gasteiger partial charge in [-0.25, -0.2) is 8.42 Å². The second-order valence-electron chi connectivity index (χ2n) is 7.37. The highest BCUT2D eigenvalue weighted by molar-refractivity contribution is 7.89. The molecule has 0 aliphatic rings. The number of benzene rings is 3. The van der Waals surface area contributed by atoms with Gasteiger partial charge in [0.2, 0.25) is 10.0 Å². The maximum absolute atomic E-state index is 12.8. The Hall–Kier alpha value is -3.16. The van der Waals surface area contributed by atoms with Gasteiger partial charge in [0.25, 0.3) is 5.91 Å². The van der Waals surface area contributed by atoms with Gasteiger partial charge in [-0.3, -0.25) is 4.79 Å². The molecule has 3 aromatic rings. The van der Waals surface area contributed by atoms with Crippen molar-refractivity contribution in [1.29, 1.82) is 0 Å². The molecule has 0 aromatic heterocycles. The predicted octanol–water partition coefficient (Wildman–Crippen LogP) is 4.14. The van der Waals surface area contributed by atoms with Crippen LogP contribution < -0.4 is 10.1 Å². The molecule has 0 aliphatic heterocycles. The molecule has 0 saturated carbocycles. The normalized spacial score (nSPS) is 11.4. The first kappa shape index (κ1) is 22.5. The van der Waals surface area contributed by atoms with E-state index in [4.69, 9.17) is 4.74 Å². The largest absolute Gasteiger partial charge is 0.484 e. The molecule has 1 N–H and O–H groups in total. The molecule has 0 fully saturated rings. The van der Waals surface area contributed by atoms with Crippen LogP contribution in [0.5, 0.6) is 5.75 Å². The Bertz CT molecular complexity index is 1140. The summed E-state index contributed by atoms with van der Waals surface area (Å²) in [5.74, 6) is 0.133. The van der Waals surface area contributed by atoms with Crippen LogP contribution in [0.2, 0.25) is 0 Å². The van der Waals surface area contributed by atoms with E-state index in [-0.39, 0.29) is 24.0 Å². The first-order valence-electron chi connectivity index (χ1n) is 9.86. The Morgan fingerprint density at radius 3 is 2.32 bits per heavy atom. The number of nitrogens with zero attached hydrogens (tertiary/aromatic N) is 1. The summed E-state index contributed by atoms with van der Waals surface area (Å²) in [7, 11) is -2.09. The van der Waals surface area contributed by atoms with E-state index < -0.39 is 10.0 Å². The van der Waals surface area contributed by atoms with Crippen molar-refractivity contribution in [2.24, 2.45) is 0 Å². The molecular weight excluding hydrogens is 412 g/mol. The number of aryl methyl sites for hydroxylation is 2. The fourth-order valence-corrected chi connectivity index (χ4v) is 4.18. The Morgan fingerprint density at radius 1 is 0.968 bits per heavy atom. The van der Waals surface area contributed by atoms with E-state index in [0.29, 0.717) is 5.75 Å². The van der Waals surface area contributed by atoms with Crippen LogP contribution in [0.3, 0.4) is 0 Å². The second kappa shape index (κ2) is 9.76. The van der Waals surface area contributed by atoms with Crippen LogP contribution in [0.25, 0.3) is 0 Å². The lowest BCUT2D eigenvalue weighted by atomic mass is 10.1. The van der Waals surface area contributed by atoms with Gasteiger partial charge in [0.15, 0.2) is 6.61 Å². The molecule has 0 atom stereocenters. The first-order chi connectivity index (χ1) is 14.8. The zero-order chi connectivity index (χ0) is 22.4. The van der Waals surface area contributed by atoms with Crippen LogP contribution in [-0.4, -0.2) is 32.3 Å². The molecule has 0 spiro atoms. The van der Waals surface area contributed by atoms with E-state index in [2.05, 4.69) is 5.32 Å². The summed E-state index contributed by atoms with van der Waals surface area (Å²) in [6, 6.07) is 21.3. The van der Waals surface area contributed by atoms with Crippen molar-refractivity contribution in [3.05, 3.63) is 89.5 Å². The van der Waals surface area contributed by atoms with Crippen molar-refractivity contribution in [3.63, 3.8) is 0 Å². The number of anilines is 1. The molecular formula is C24H26N2O4S. The van der Waals surface area contributed by atoms with Crippen LogP contribution in [0, 0.1) is 13.8 Å². The van der Waals surface area contributed by atoms with Crippen molar-refractivity contribution < 1.29 is 17.9 Å². The zero-order valence-electron chi connectivity index (χ0n) is 17.8. The van der Waals surface area contributed by atoms with E-state index in [1.165, 1.54) is 16.4 Å². The summed E-state index contributed by atoms with van der Waals surface area (Å²) in [6.45, 7) is 3.98. The monoisotopic (exact) mass is 438 g/mol. The van der Waals surface area contributed by atoms with Gasteiger partial charge in [-0.05, 0) is 60.9 Å². The summed E-state index contributed by atoms with van der Waals surface area (Å²) >= 11 is 0. The lowest BCUT2D eigenvalue weighted by Crippen LogP contribution is -2.26. The van der Waals surface area contributed by atoms with Gasteiger partial charge in [0, 0.05) is 19.3 Å². The van der Waals surface area contributed by atoms with Crippen molar-refractivity contribution in [1.82, 2.24) is 4.31 Å². The van der Waals surface area contributed by atoms with Crippen molar-refractivity contribution in [2.75, 3.05) is 19.0 Å². The number of carbonyl (C=O) groups is 1.